The van der Waals surface area contributed by atoms with Gasteiger partial charge >= 0.3 is 0 Å². The molecule has 0 heterocycles. The van der Waals surface area contributed by atoms with Crippen molar-refractivity contribution in [1.29, 1.82) is 0 Å². The molecule has 1 amide bonds. The van der Waals surface area contributed by atoms with Crippen molar-refractivity contribution in [3.63, 3.8) is 0 Å². The third-order valence-electron chi connectivity index (χ3n) is 17.8. The van der Waals surface area contributed by atoms with E-state index in [1.807, 2.05) is 27.2 Å². The van der Waals surface area contributed by atoms with E-state index >= 15 is 0 Å². The number of phosphoric acid groups is 1. The van der Waals surface area contributed by atoms with Crippen LogP contribution >= 0.6 is 7.82 Å². The van der Waals surface area contributed by atoms with E-state index in [4.69, 9.17) is 9.05 Å². The lowest BCUT2D eigenvalue weighted by atomic mass is 10.0. The van der Waals surface area contributed by atoms with Crippen LogP contribution in [0.5, 0.6) is 0 Å². The molecule has 9 heteroatoms. The number of hydrogen-bond acceptors (Lipinski definition) is 6. The molecule has 8 nitrogen and oxygen atoms in total. The summed E-state index contributed by atoms with van der Waals surface area (Å²) in [4.78, 5) is 25.7. The van der Waals surface area contributed by atoms with Crippen molar-refractivity contribution >= 4 is 13.7 Å². The van der Waals surface area contributed by atoms with E-state index in [0.29, 0.717) is 17.4 Å². The van der Waals surface area contributed by atoms with E-state index in [1.54, 1.807) is 6.08 Å². The van der Waals surface area contributed by atoms with Gasteiger partial charge in [0.05, 0.1) is 39.9 Å². The number of carbonyl (C=O) groups excluding carboxylic acids is 1. The van der Waals surface area contributed by atoms with Crippen LogP contribution in [0.25, 0.3) is 0 Å². The molecule has 3 unspecified atom stereocenters. The molecule has 0 aliphatic rings. The van der Waals surface area contributed by atoms with Gasteiger partial charge in [-0.2, -0.15) is 0 Å². The fraction of sp³-hybridized carbons (Fsp3) is 0.909. The van der Waals surface area contributed by atoms with Crippen molar-refractivity contribution in [2.24, 2.45) is 0 Å². The first kappa shape index (κ1) is 84.7. The minimum Gasteiger partial charge on any atom is -0.756 e. The molecule has 86 heavy (non-hydrogen) atoms. The van der Waals surface area contributed by atoms with Crippen LogP contribution in [0.15, 0.2) is 36.5 Å². The zero-order chi connectivity index (χ0) is 62.6. The van der Waals surface area contributed by atoms with Crippen molar-refractivity contribution in [3.8, 4) is 0 Å². The van der Waals surface area contributed by atoms with Gasteiger partial charge in [-0.15, -0.1) is 0 Å². The number of amides is 1. The lowest BCUT2D eigenvalue weighted by molar-refractivity contribution is -0.870. The zero-order valence-corrected chi connectivity index (χ0v) is 59.4. The predicted octanol–water partition coefficient (Wildman–Crippen LogP) is 24.2. The fourth-order valence-corrected chi connectivity index (χ4v) is 12.6. The molecule has 0 aromatic rings. The number of quaternary nitrogens is 1. The largest absolute Gasteiger partial charge is 0.756 e. The molecular formula is C77H151N2O6P. The summed E-state index contributed by atoms with van der Waals surface area (Å²) < 4.78 is 23.5. The number of phosphoric ester groups is 1. The Morgan fingerprint density at radius 2 is 0.651 bits per heavy atom. The van der Waals surface area contributed by atoms with Gasteiger partial charge in [0, 0.05) is 6.42 Å². The van der Waals surface area contributed by atoms with Crippen LogP contribution in [0, 0.1) is 0 Å². The maximum atomic E-state index is 13.1. The summed E-state index contributed by atoms with van der Waals surface area (Å²) in [5.41, 5.74) is 0. The summed E-state index contributed by atoms with van der Waals surface area (Å²) in [6, 6.07) is -0.910. The fourth-order valence-electron chi connectivity index (χ4n) is 11.9. The predicted molar refractivity (Wildman–Crippen MR) is 376 cm³/mol. The molecule has 510 valence electrons. The Kier molecular flexibility index (Phi) is 67.1. The van der Waals surface area contributed by atoms with Gasteiger partial charge in [-0.05, 0) is 44.9 Å². The molecule has 2 N–H and O–H groups in total. The molecule has 0 radical (unpaired) electrons. The molecule has 0 aliphatic carbocycles. The van der Waals surface area contributed by atoms with Crippen LogP contribution in [-0.2, 0) is 18.4 Å². The Hall–Kier alpha value is -1.28. The molecule has 0 aromatic carbocycles. The molecule has 0 rings (SSSR count). The number of rotatable bonds is 72. The molecule has 0 saturated heterocycles. The molecular weight excluding hydrogens is 1080 g/mol. The van der Waals surface area contributed by atoms with Crippen molar-refractivity contribution in [1.82, 2.24) is 5.32 Å². The first-order valence-electron chi connectivity index (χ1n) is 38.4. The summed E-state index contributed by atoms with van der Waals surface area (Å²) in [5, 5.41) is 14.0. The monoisotopic (exact) mass is 1230 g/mol. The van der Waals surface area contributed by atoms with E-state index in [-0.39, 0.29) is 12.5 Å². The third-order valence-corrected chi connectivity index (χ3v) is 18.8. The summed E-state index contributed by atoms with van der Waals surface area (Å²) in [6.45, 7) is 4.69. The van der Waals surface area contributed by atoms with E-state index in [9.17, 15) is 19.4 Å². The Morgan fingerprint density at radius 3 is 0.942 bits per heavy atom. The van der Waals surface area contributed by atoms with Gasteiger partial charge in [0.25, 0.3) is 7.82 Å². The summed E-state index contributed by atoms with van der Waals surface area (Å²) in [6.07, 6.45) is 91.7. The molecule has 0 spiro atoms. The SMILES string of the molecule is CCCCCCCCCCCCCCCCCCCCCC/C=C/CC/C=C/CC/C=C/C(O)C(COP(=O)([O-])OCC[N+](C)(C)C)NC(=O)CCCCCCCCCCCCCCCCCCCCCCCCCCCCCCCCCCCC. The van der Waals surface area contributed by atoms with Gasteiger partial charge in [0.2, 0.25) is 5.91 Å². The highest BCUT2D eigenvalue weighted by Gasteiger charge is 2.23. The van der Waals surface area contributed by atoms with Crippen LogP contribution in [0.2, 0.25) is 0 Å². The average molecular weight is 1230 g/mol. The Labute approximate surface area is 537 Å². The maximum Gasteiger partial charge on any atom is 0.268 e. The topological polar surface area (TPSA) is 108 Å². The number of allylic oxidation sites excluding steroid dienone is 5. The number of nitrogens with zero attached hydrogens (tertiary/aromatic N) is 1. The number of aliphatic hydroxyl groups excluding tert-OH is 1. The van der Waals surface area contributed by atoms with Gasteiger partial charge in [0.1, 0.15) is 13.2 Å². The molecule has 0 fully saturated rings. The van der Waals surface area contributed by atoms with Crippen LogP contribution in [0.4, 0.5) is 0 Å². The van der Waals surface area contributed by atoms with Crippen molar-refractivity contribution in [2.75, 3.05) is 40.9 Å². The number of carbonyl (C=O) groups is 1. The zero-order valence-electron chi connectivity index (χ0n) is 58.5. The Morgan fingerprint density at radius 1 is 0.395 bits per heavy atom. The number of unbranched alkanes of at least 4 members (excludes halogenated alkanes) is 55. The van der Waals surface area contributed by atoms with Gasteiger partial charge < -0.3 is 28.8 Å². The summed E-state index contributed by atoms with van der Waals surface area (Å²) in [5.74, 6) is -0.202. The second kappa shape index (κ2) is 68.1. The lowest BCUT2D eigenvalue weighted by Gasteiger charge is -2.29. The first-order chi connectivity index (χ1) is 42.0. The van der Waals surface area contributed by atoms with Crippen molar-refractivity contribution in [2.45, 2.75) is 411 Å². The average Bonchev–Trinajstić information content (AvgIpc) is 3.68. The van der Waals surface area contributed by atoms with Gasteiger partial charge in [-0.3, -0.25) is 9.36 Å². The summed E-state index contributed by atoms with van der Waals surface area (Å²) >= 11 is 0. The van der Waals surface area contributed by atoms with E-state index in [2.05, 4.69) is 43.5 Å². The molecule has 3 atom stereocenters. The number of likely N-dealkylation sites (N-methyl/N-ethyl adjacent to an activating group) is 1. The number of nitrogens with one attached hydrogen (secondary N) is 1. The second-order valence-electron chi connectivity index (χ2n) is 27.7. The highest BCUT2D eigenvalue weighted by atomic mass is 31.2. The smallest absolute Gasteiger partial charge is 0.268 e. The minimum absolute atomic E-state index is 0.00697. The van der Waals surface area contributed by atoms with E-state index in [1.165, 1.54) is 334 Å². The van der Waals surface area contributed by atoms with Gasteiger partial charge in [0.15, 0.2) is 0 Å². The second-order valence-corrected chi connectivity index (χ2v) is 29.1. The first-order valence-corrected chi connectivity index (χ1v) is 39.8. The number of hydrogen-bond donors (Lipinski definition) is 2. The van der Waals surface area contributed by atoms with E-state index < -0.39 is 26.6 Å². The Balaban J connectivity index is 4.02. The van der Waals surface area contributed by atoms with Crippen LogP contribution in [-0.4, -0.2) is 68.5 Å². The lowest BCUT2D eigenvalue weighted by Crippen LogP contribution is -2.45. The quantitative estimate of drug-likeness (QED) is 0.0272. The number of aliphatic hydroxyl groups is 1. The minimum atomic E-state index is -4.62. The Bertz CT molecular complexity index is 1500. The standard InChI is InChI=1S/C77H151N2O6P/c1-6-8-10-12-14-16-18-20-22-24-26-28-30-32-34-36-38-39-40-41-43-45-47-49-51-53-55-57-59-61-63-65-67-69-71-77(81)78-75(74-85-86(82,83)84-73-72-79(3,4)5)76(80)70-68-66-64-62-60-58-56-54-52-50-48-46-44-42-37-35-33-31-29-27-25-23-21-19-17-15-13-11-9-7-2/h52,54,60,62,68,70,75-76,80H,6-51,53,55-59,61,63-67,69,71-74H2,1-5H3,(H-,78,81,82,83)/b54-52+,62-60+,70-68+. The normalized spacial score (nSPS) is 13.7. The summed E-state index contributed by atoms with van der Waals surface area (Å²) in [7, 11) is 1.25. The van der Waals surface area contributed by atoms with Crippen LogP contribution in [0.3, 0.4) is 0 Å². The van der Waals surface area contributed by atoms with Gasteiger partial charge in [-0.25, -0.2) is 0 Å². The molecule has 0 aliphatic heterocycles. The highest BCUT2D eigenvalue weighted by molar-refractivity contribution is 7.45. The van der Waals surface area contributed by atoms with Gasteiger partial charge in [-0.1, -0.05) is 384 Å². The molecule has 0 bridgehead atoms. The molecule has 0 saturated carbocycles. The van der Waals surface area contributed by atoms with Crippen molar-refractivity contribution < 1.29 is 32.9 Å². The molecule has 0 aromatic heterocycles. The third kappa shape index (κ3) is 70.2. The van der Waals surface area contributed by atoms with Crippen molar-refractivity contribution in [3.05, 3.63) is 36.5 Å². The van der Waals surface area contributed by atoms with Crippen LogP contribution in [0.1, 0.15) is 399 Å². The van der Waals surface area contributed by atoms with Crippen LogP contribution < -0.4 is 10.2 Å². The maximum absolute atomic E-state index is 13.1. The van der Waals surface area contributed by atoms with E-state index in [0.717, 1.165) is 44.9 Å². The highest BCUT2D eigenvalue weighted by Crippen LogP contribution is 2.38.